The van der Waals surface area contributed by atoms with Crippen LogP contribution in [0.25, 0.3) is 0 Å². The molecule has 15 heavy (non-hydrogen) atoms. The molecule has 0 spiro atoms. The Balaban J connectivity index is 2.44. The summed E-state index contributed by atoms with van der Waals surface area (Å²) in [6, 6.07) is 0.217. The summed E-state index contributed by atoms with van der Waals surface area (Å²) in [6.07, 6.45) is 1.46. The number of methoxy groups -OCH3 is 1. The molecule has 2 N–H and O–H groups in total. The fourth-order valence-corrected chi connectivity index (χ4v) is 1.04. The second-order valence-electron chi connectivity index (χ2n) is 3.44. The van der Waals surface area contributed by atoms with Gasteiger partial charge in [0.25, 0.3) is 0 Å². The molecule has 0 aliphatic heterocycles. The van der Waals surface area contributed by atoms with Gasteiger partial charge in [-0.1, -0.05) is 20.3 Å². The SMILES string of the molecule is CCC(C)CC(=O)Nc1nc(OC)n[nH]1. The molecule has 0 fully saturated rings. The lowest BCUT2D eigenvalue weighted by molar-refractivity contribution is -0.117. The normalized spacial score (nSPS) is 12.2. The Morgan fingerprint density at radius 3 is 2.93 bits per heavy atom. The minimum atomic E-state index is -0.0665. The number of ether oxygens (including phenoxy) is 1. The van der Waals surface area contributed by atoms with Crippen molar-refractivity contribution in [3.8, 4) is 6.01 Å². The summed E-state index contributed by atoms with van der Waals surface area (Å²) < 4.78 is 4.77. The van der Waals surface area contributed by atoms with Crippen molar-refractivity contribution in [3.63, 3.8) is 0 Å². The van der Waals surface area contributed by atoms with Crippen molar-refractivity contribution in [2.45, 2.75) is 26.7 Å². The van der Waals surface area contributed by atoms with E-state index in [1.807, 2.05) is 6.92 Å². The Kier molecular flexibility index (Phi) is 4.08. The molecular weight excluding hydrogens is 196 g/mol. The van der Waals surface area contributed by atoms with Crippen LogP contribution in [0.5, 0.6) is 6.01 Å². The standard InChI is InChI=1S/C9H16N4O2/c1-4-6(2)5-7(14)10-8-11-9(15-3)13-12-8/h6H,4-5H2,1-3H3,(H2,10,11,12,13,14). The Bertz CT molecular complexity index is 324. The van der Waals surface area contributed by atoms with Crippen LogP contribution in [0.3, 0.4) is 0 Å². The van der Waals surface area contributed by atoms with Crippen LogP contribution in [-0.4, -0.2) is 28.2 Å². The number of carbonyl (C=O) groups is 1. The van der Waals surface area contributed by atoms with E-state index < -0.39 is 0 Å². The number of hydrogen-bond donors (Lipinski definition) is 2. The Morgan fingerprint density at radius 1 is 1.67 bits per heavy atom. The van der Waals surface area contributed by atoms with Gasteiger partial charge in [0.05, 0.1) is 7.11 Å². The molecule has 0 radical (unpaired) electrons. The number of amides is 1. The average Bonchev–Trinajstić information content (AvgIpc) is 2.65. The van der Waals surface area contributed by atoms with Crippen molar-refractivity contribution in [2.24, 2.45) is 5.92 Å². The average molecular weight is 212 g/mol. The molecule has 0 aromatic carbocycles. The number of H-pyrrole nitrogens is 1. The van der Waals surface area contributed by atoms with Gasteiger partial charge in [-0.2, -0.15) is 4.98 Å². The van der Waals surface area contributed by atoms with E-state index in [1.54, 1.807) is 0 Å². The molecule has 0 saturated heterocycles. The van der Waals surface area contributed by atoms with Gasteiger partial charge in [0.15, 0.2) is 0 Å². The van der Waals surface area contributed by atoms with Crippen molar-refractivity contribution >= 4 is 11.9 Å². The van der Waals surface area contributed by atoms with Crippen molar-refractivity contribution in [1.82, 2.24) is 15.2 Å². The molecule has 0 saturated carbocycles. The molecule has 1 atom stereocenters. The first-order valence-corrected chi connectivity index (χ1v) is 4.92. The van der Waals surface area contributed by atoms with E-state index in [2.05, 4.69) is 27.4 Å². The van der Waals surface area contributed by atoms with Crippen LogP contribution in [0.4, 0.5) is 5.95 Å². The van der Waals surface area contributed by atoms with Crippen molar-refractivity contribution in [2.75, 3.05) is 12.4 Å². The zero-order valence-electron chi connectivity index (χ0n) is 9.20. The maximum atomic E-state index is 11.4. The van der Waals surface area contributed by atoms with E-state index in [-0.39, 0.29) is 11.9 Å². The second kappa shape index (κ2) is 5.33. The van der Waals surface area contributed by atoms with E-state index in [9.17, 15) is 4.79 Å². The highest BCUT2D eigenvalue weighted by molar-refractivity contribution is 5.89. The summed E-state index contributed by atoms with van der Waals surface area (Å²) in [7, 11) is 1.47. The van der Waals surface area contributed by atoms with Crippen molar-refractivity contribution in [3.05, 3.63) is 0 Å². The molecule has 84 valence electrons. The summed E-state index contributed by atoms with van der Waals surface area (Å²) in [5, 5.41) is 8.89. The molecule has 1 unspecified atom stereocenters. The number of nitrogens with one attached hydrogen (secondary N) is 2. The fraction of sp³-hybridized carbons (Fsp3) is 0.667. The van der Waals surface area contributed by atoms with Crippen LogP contribution in [0.15, 0.2) is 0 Å². The summed E-state index contributed by atoms with van der Waals surface area (Å²) in [4.78, 5) is 15.3. The molecular formula is C9H16N4O2. The Labute approximate surface area is 88.4 Å². The number of hydrogen-bond acceptors (Lipinski definition) is 4. The summed E-state index contributed by atoms with van der Waals surface area (Å²) in [5.41, 5.74) is 0. The zero-order valence-corrected chi connectivity index (χ0v) is 9.20. The monoisotopic (exact) mass is 212 g/mol. The predicted octanol–water partition coefficient (Wildman–Crippen LogP) is 1.19. The molecule has 0 aliphatic carbocycles. The Morgan fingerprint density at radius 2 is 2.40 bits per heavy atom. The Hall–Kier alpha value is -1.59. The first kappa shape index (κ1) is 11.5. The topological polar surface area (TPSA) is 79.9 Å². The maximum absolute atomic E-state index is 11.4. The molecule has 1 amide bonds. The molecule has 1 rings (SSSR count). The minimum Gasteiger partial charge on any atom is -0.466 e. The predicted molar refractivity (Wildman–Crippen MR) is 55.6 cm³/mol. The van der Waals surface area contributed by atoms with E-state index in [4.69, 9.17) is 4.74 Å². The van der Waals surface area contributed by atoms with Crippen molar-refractivity contribution in [1.29, 1.82) is 0 Å². The number of nitrogens with zero attached hydrogens (tertiary/aromatic N) is 2. The van der Waals surface area contributed by atoms with E-state index >= 15 is 0 Å². The number of carbonyl (C=O) groups excluding carboxylic acids is 1. The van der Waals surface area contributed by atoms with Crippen LogP contribution in [0.2, 0.25) is 0 Å². The highest BCUT2D eigenvalue weighted by atomic mass is 16.5. The van der Waals surface area contributed by atoms with Gasteiger partial charge in [0.2, 0.25) is 11.9 Å². The first-order chi connectivity index (χ1) is 7.15. The minimum absolute atomic E-state index is 0.0665. The third-order valence-electron chi connectivity index (χ3n) is 2.14. The second-order valence-corrected chi connectivity index (χ2v) is 3.44. The van der Waals surface area contributed by atoms with Gasteiger partial charge < -0.3 is 4.74 Å². The number of anilines is 1. The lowest BCUT2D eigenvalue weighted by Gasteiger charge is -2.06. The van der Waals surface area contributed by atoms with Crippen LogP contribution < -0.4 is 10.1 Å². The van der Waals surface area contributed by atoms with Crippen molar-refractivity contribution < 1.29 is 9.53 Å². The van der Waals surface area contributed by atoms with Gasteiger partial charge >= 0.3 is 6.01 Å². The van der Waals surface area contributed by atoms with Crippen LogP contribution in [0.1, 0.15) is 26.7 Å². The summed E-state index contributed by atoms with van der Waals surface area (Å²) >= 11 is 0. The molecule has 6 nitrogen and oxygen atoms in total. The zero-order chi connectivity index (χ0) is 11.3. The van der Waals surface area contributed by atoms with Crippen LogP contribution in [0, 0.1) is 5.92 Å². The highest BCUT2D eigenvalue weighted by Crippen LogP contribution is 2.09. The quantitative estimate of drug-likeness (QED) is 0.768. The molecule has 1 aromatic rings. The third-order valence-corrected chi connectivity index (χ3v) is 2.14. The van der Waals surface area contributed by atoms with Gasteiger partial charge in [-0.05, 0) is 5.92 Å². The van der Waals surface area contributed by atoms with Crippen LogP contribution >= 0.6 is 0 Å². The van der Waals surface area contributed by atoms with Crippen LogP contribution in [-0.2, 0) is 4.79 Å². The van der Waals surface area contributed by atoms with E-state index in [1.165, 1.54) is 7.11 Å². The first-order valence-electron chi connectivity index (χ1n) is 4.92. The van der Waals surface area contributed by atoms with Gasteiger partial charge in [-0.25, -0.2) is 5.10 Å². The van der Waals surface area contributed by atoms with Gasteiger partial charge in [0.1, 0.15) is 0 Å². The maximum Gasteiger partial charge on any atom is 0.336 e. The van der Waals surface area contributed by atoms with E-state index in [0.29, 0.717) is 18.3 Å². The number of rotatable bonds is 5. The fourth-order valence-electron chi connectivity index (χ4n) is 1.04. The van der Waals surface area contributed by atoms with E-state index in [0.717, 1.165) is 6.42 Å². The van der Waals surface area contributed by atoms with Gasteiger partial charge in [0, 0.05) is 6.42 Å². The number of aromatic nitrogens is 3. The largest absolute Gasteiger partial charge is 0.466 e. The molecule has 1 aromatic heterocycles. The lowest BCUT2D eigenvalue weighted by Crippen LogP contribution is -2.15. The molecule has 1 heterocycles. The highest BCUT2D eigenvalue weighted by Gasteiger charge is 2.10. The molecule has 0 bridgehead atoms. The lowest BCUT2D eigenvalue weighted by atomic mass is 10.1. The molecule has 6 heteroatoms. The number of aromatic amines is 1. The third kappa shape index (κ3) is 3.57. The van der Waals surface area contributed by atoms with Gasteiger partial charge in [-0.3, -0.25) is 10.1 Å². The smallest absolute Gasteiger partial charge is 0.336 e. The molecule has 0 aliphatic rings. The summed E-state index contributed by atoms with van der Waals surface area (Å²) in [5.74, 6) is 0.623. The van der Waals surface area contributed by atoms with Gasteiger partial charge in [-0.15, -0.1) is 5.10 Å². The summed E-state index contributed by atoms with van der Waals surface area (Å²) in [6.45, 7) is 4.08.